The first-order valence-corrected chi connectivity index (χ1v) is 5.16. The summed E-state index contributed by atoms with van der Waals surface area (Å²) in [5, 5.41) is 0. The molecule has 4 heteroatoms. The van der Waals surface area contributed by atoms with Crippen molar-refractivity contribution >= 4 is 11.6 Å². The Bertz CT molecular complexity index is 433. The fourth-order valence-electron chi connectivity index (χ4n) is 1.45. The molecule has 0 atom stereocenters. The van der Waals surface area contributed by atoms with Crippen molar-refractivity contribution in [2.24, 2.45) is 0 Å². The Labute approximate surface area is 100 Å². The number of nitrogens with two attached hydrogens (primary N) is 1. The van der Waals surface area contributed by atoms with Crippen molar-refractivity contribution in [2.75, 3.05) is 18.8 Å². The van der Waals surface area contributed by atoms with Gasteiger partial charge in [-0.2, -0.15) is 0 Å². The standard InChI is InChI=1S/C13H15FN2O/c1-3-8-16(9-4-2)13(17)10-6-5-7-11(14)12(10)15/h3-7H,1-2,8-9,15H2. The molecule has 3 nitrogen and oxygen atoms in total. The zero-order valence-corrected chi connectivity index (χ0v) is 9.53. The van der Waals surface area contributed by atoms with Crippen molar-refractivity contribution in [3.63, 3.8) is 0 Å². The van der Waals surface area contributed by atoms with Crippen molar-refractivity contribution in [3.05, 3.63) is 54.9 Å². The number of hydrogen-bond acceptors (Lipinski definition) is 2. The van der Waals surface area contributed by atoms with Gasteiger partial charge in [0.15, 0.2) is 0 Å². The zero-order chi connectivity index (χ0) is 12.8. The number of benzene rings is 1. The normalized spacial score (nSPS) is 9.71. The van der Waals surface area contributed by atoms with E-state index >= 15 is 0 Å². The number of anilines is 1. The van der Waals surface area contributed by atoms with Crippen LogP contribution in [0, 0.1) is 5.82 Å². The summed E-state index contributed by atoms with van der Waals surface area (Å²) in [4.78, 5) is 13.6. The summed E-state index contributed by atoms with van der Waals surface area (Å²) in [5.41, 5.74) is 5.57. The average Bonchev–Trinajstić information content (AvgIpc) is 2.31. The highest BCUT2D eigenvalue weighted by Crippen LogP contribution is 2.17. The highest BCUT2D eigenvalue weighted by molar-refractivity contribution is 5.99. The molecule has 1 rings (SSSR count). The van der Waals surface area contributed by atoms with Crippen LogP contribution < -0.4 is 5.73 Å². The molecule has 90 valence electrons. The van der Waals surface area contributed by atoms with Gasteiger partial charge in [0.1, 0.15) is 5.82 Å². The van der Waals surface area contributed by atoms with Gasteiger partial charge in [0, 0.05) is 13.1 Å². The van der Waals surface area contributed by atoms with Crippen LogP contribution in [0.1, 0.15) is 10.4 Å². The van der Waals surface area contributed by atoms with Gasteiger partial charge in [-0.3, -0.25) is 4.79 Å². The molecule has 0 spiro atoms. The second kappa shape index (κ2) is 5.84. The molecule has 0 heterocycles. The molecular weight excluding hydrogens is 219 g/mol. The molecule has 1 amide bonds. The number of rotatable bonds is 5. The first-order chi connectivity index (χ1) is 8.11. The molecule has 0 aliphatic carbocycles. The lowest BCUT2D eigenvalue weighted by Crippen LogP contribution is -2.32. The van der Waals surface area contributed by atoms with Crippen LogP contribution in [0.25, 0.3) is 0 Å². The van der Waals surface area contributed by atoms with Crippen LogP contribution in [-0.2, 0) is 0 Å². The van der Waals surface area contributed by atoms with E-state index in [1.807, 2.05) is 0 Å². The molecular formula is C13H15FN2O. The number of hydrogen-bond donors (Lipinski definition) is 1. The Hall–Kier alpha value is -2.10. The number of nitrogens with zero attached hydrogens (tertiary/aromatic N) is 1. The van der Waals surface area contributed by atoms with Gasteiger partial charge in [-0.25, -0.2) is 4.39 Å². The molecule has 0 aliphatic rings. The maximum atomic E-state index is 13.2. The Balaban J connectivity index is 3.04. The van der Waals surface area contributed by atoms with Crippen molar-refractivity contribution in [2.45, 2.75) is 0 Å². The number of halogens is 1. The van der Waals surface area contributed by atoms with Gasteiger partial charge in [0.25, 0.3) is 5.91 Å². The van der Waals surface area contributed by atoms with Gasteiger partial charge in [-0.15, -0.1) is 13.2 Å². The van der Waals surface area contributed by atoms with Crippen LogP contribution in [0.5, 0.6) is 0 Å². The molecule has 17 heavy (non-hydrogen) atoms. The van der Waals surface area contributed by atoms with Crippen molar-refractivity contribution in [3.8, 4) is 0 Å². The van der Waals surface area contributed by atoms with E-state index in [4.69, 9.17) is 5.73 Å². The molecule has 2 N–H and O–H groups in total. The minimum atomic E-state index is -0.590. The van der Waals surface area contributed by atoms with E-state index in [9.17, 15) is 9.18 Å². The molecule has 0 unspecified atom stereocenters. The van der Waals surface area contributed by atoms with Crippen LogP contribution in [0.4, 0.5) is 10.1 Å². The lowest BCUT2D eigenvalue weighted by Gasteiger charge is -2.20. The highest BCUT2D eigenvalue weighted by atomic mass is 19.1. The van der Waals surface area contributed by atoms with E-state index in [2.05, 4.69) is 13.2 Å². The largest absolute Gasteiger partial charge is 0.396 e. The number of carbonyl (C=O) groups excluding carboxylic acids is 1. The van der Waals surface area contributed by atoms with Gasteiger partial charge in [0.2, 0.25) is 0 Å². The molecule has 0 fully saturated rings. The lowest BCUT2D eigenvalue weighted by molar-refractivity contribution is 0.0791. The maximum Gasteiger partial charge on any atom is 0.256 e. The third-order valence-electron chi connectivity index (χ3n) is 2.27. The summed E-state index contributed by atoms with van der Waals surface area (Å²) < 4.78 is 13.2. The van der Waals surface area contributed by atoms with Crippen LogP contribution in [0.3, 0.4) is 0 Å². The van der Waals surface area contributed by atoms with Gasteiger partial charge < -0.3 is 10.6 Å². The predicted molar refractivity (Wildman–Crippen MR) is 67.1 cm³/mol. The van der Waals surface area contributed by atoms with Gasteiger partial charge >= 0.3 is 0 Å². The van der Waals surface area contributed by atoms with Crippen LogP contribution in [0.15, 0.2) is 43.5 Å². The first-order valence-electron chi connectivity index (χ1n) is 5.16. The maximum absolute atomic E-state index is 13.2. The zero-order valence-electron chi connectivity index (χ0n) is 9.53. The molecule has 0 aromatic heterocycles. The Morgan fingerprint density at radius 3 is 2.47 bits per heavy atom. The summed E-state index contributed by atoms with van der Waals surface area (Å²) in [5.74, 6) is -0.921. The van der Waals surface area contributed by atoms with Crippen molar-refractivity contribution in [1.29, 1.82) is 0 Å². The summed E-state index contributed by atoms with van der Waals surface area (Å²) in [6.45, 7) is 7.85. The molecule has 0 saturated heterocycles. The summed E-state index contributed by atoms with van der Waals surface area (Å²) >= 11 is 0. The smallest absolute Gasteiger partial charge is 0.256 e. The second-order valence-corrected chi connectivity index (χ2v) is 3.49. The quantitative estimate of drug-likeness (QED) is 0.627. The number of nitrogen functional groups attached to an aromatic ring is 1. The SMILES string of the molecule is C=CCN(CC=C)C(=O)c1cccc(F)c1N. The Morgan fingerprint density at radius 1 is 1.35 bits per heavy atom. The lowest BCUT2D eigenvalue weighted by atomic mass is 10.1. The van der Waals surface area contributed by atoms with Gasteiger partial charge in [-0.05, 0) is 12.1 Å². The summed E-state index contributed by atoms with van der Waals surface area (Å²) in [6.07, 6.45) is 3.19. The van der Waals surface area contributed by atoms with E-state index < -0.39 is 5.82 Å². The van der Waals surface area contributed by atoms with Crippen LogP contribution in [0.2, 0.25) is 0 Å². The van der Waals surface area contributed by atoms with Gasteiger partial charge in [-0.1, -0.05) is 18.2 Å². The minimum absolute atomic E-state index is 0.129. The number of amides is 1. The van der Waals surface area contributed by atoms with E-state index in [-0.39, 0.29) is 17.2 Å². The van der Waals surface area contributed by atoms with E-state index in [0.717, 1.165) is 0 Å². The van der Waals surface area contributed by atoms with Crippen LogP contribution >= 0.6 is 0 Å². The van der Waals surface area contributed by atoms with Crippen molar-refractivity contribution in [1.82, 2.24) is 4.90 Å². The summed E-state index contributed by atoms with van der Waals surface area (Å²) in [7, 11) is 0. The van der Waals surface area contributed by atoms with Crippen LogP contribution in [-0.4, -0.2) is 23.9 Å². The monoisotopic (exact) mass is 234 g/mol. The fraction of sp³-hybridized carbons (Fsp3) is 0.154. The molecule has 1 aromatic carbocycles. The topological polar surface area (TPSA) is 46.3 Å². The van der Waals surface area contributed by atoms with E-state index in [1.54, 1.807) is 12.2 Å². The third-order valence-corrected chi connectivity index (χ3v) is 2.27. The second-order valence-electron chi connectivity index (χ2n) is 3.49. The fourth-order valence-corrected chi connectivity index (χ4v) is 1.45. The molecule has 0 saturated carbocycles. The Morgan fingerprint density at radius 2 is 1.94 bits per heavy atom. The molecule has 0 aliphatic heterocycles. The summed E-state index contributed by atoms with van der Waals surface area (Å²) in [6, 6.07) is 4.18. The van der Waals surface area contributed by atoms with E-state index in [1.165, 1.54) is 23.1 Å². The van der Waals surface area contributed by atoms with Gasteiger partial charge in [0.05, 0.1) is 11.3 Å². The third kappa shape index (κ3) is 2.93. The molecule has 0 radical (unpaired) electrons. The average molecular weight is 234 g/mol. The molecule has 0 bridgehead atoms. The highest BCUT2D eigenvalue weighted by Gasteiger charge is 2.17. The predicted octanol–water partition coefficient (Wildman–Crippen LogP) is 2.22. The van der Waals surface area contributed by atoms with E-state index in [0.29, 0.717) is 13.1 Å². The number of para-hydroxylation sites is 1. The van der Waals surface area contributed by atoms with Crippen molar-refractivity contribution < 1.29 is 9.18 Å². The Kier molecular flexibility index (Phi) is 4.46. The number of carbonyl (C=O) groups is 1. The first kappa shape index (κ1) is 13.0. The molecule has 1 aromatic rings. The minimum Gasteiger partial charge on any atom is -0.396 e.